The van der Waals surface area contributed by atoms with Gasteiger partial charge in [-0.3, -0.25) is 4.79 Å². The fourth-order valence-corrected chi connectivity index (χ4v) is 5.57. The fourth-order valence-electron chi connectivity index (χ4n) is 4.11. The first kappa shape index (κ1) is 18.1. The van der Waals surface area contributed by atoms with Gasteiger partial charge in [-0.1, -0.05) is 27.7 Å². The number of fused-ring (bicyclic) bond motifs is 1. The van der Waals surface area contributed by atoms with Crippen LogP contribution in [0, 0.1) is 11.3 Å². The summed E-state index contributed by atoms with van der Waals surface area (Å²) in [6.07, 6.45) is 3.82. The maximum absolute atomic E-state index is 12.0. The van der Waals surface area contributed by atoms with Crippen molar-refractivity contribution in [1.29, 1.82) is 0 Å². The first-order chi connectivity index (χ1) is 9.80. The summed E-state index contributed by atoms with van der Waals surface area (Å²) in [6, 6.07) is 0. The molecule has 0 saturated heterocycles. The lowest BCUT2D eigenvalue weighted by Crippen LogP contribution is -2.60. The van der Waals surface area contributed by atoms with Gasteiger partial charge in [0.2, 0.25) is 0 Å². The normalized spacial score (nSPS) is 40.5. The van der Waals surface area contributed by atoms with Gasteiger partial charge in [0.1, 0.15) is 5.78 Å². The highest BCUT2D eigenvalue weighted by Gasteiger charge is 2.57. The summed E-state index contributed by atoms with van der Waals surface area (Å²) in [5.74, 6) is 0.334. The summed E-state index contributed by atoms with van der Waals surface area (Å²) < 4.78 is 6.76. The molecule has 0 unspecified atom stereocenters. The van der Waals surface area contributed by atoms with Gasteiger partial charge in [-0.15, -0.1) is 0 Å². The summed E-state index contributed by atoms with van der Waals surface area (Å²) in [6.45, 7) is 15.6. The van der Waals surface area contributed by atoms with E-state index in [1.807, 2.05) is 6.92 Å². The first-order valence-electron chi connectivity index (χ1n) is 8.71. The van der Waals surface area contributed by atoms with E-state index in [9.17, 15) is 9.90 Å². The molecule has 4 atom stereocenters. The fraction of sp³-hybridized carbons (Fsp3) is 0.944. The average molecular weight is 327 g/mol. The number of aliphatic hydroxyl groups is 1. The number of carbonyl (C=O) groups excluding carboxylic acids is 1. The molecule has 4 heteroatoms. The van der Waals surface area contributed by atoms with Gasteiger partial charge in [0.05, 0.1) is 11.7 Å². The van der Waals surface area contributed by atoms with E-state index >= 15 is 0 Å². The van der Waals surface area contributed by atoms with E-state index in [1.165, 1.54) is 0 Å². The van der Waals surface area contributed by atoms with E-state index in [0.29, 0.717) is 18.6 Å². The van der Waals surface area contributed by atoms with Crippen molar-refractivity contribution in [2.45, 2.75) is 96.6 Å². The van der Waals surface area contributed by atoms with Crippen LogP contribution in [0.3, 0.4) is 0 Å². The molecule has 0 aromatic heterocycles. The van der Waals surface area contributed by atoms with Crippen molar-refractivity contribution >= 4 is 14.1 Å². The van der Waals surface area contributed by atoms with Crippen LogP contribution >= 0.6 is 0 Å². The molecule has 22 heavy (non-hydrogen) atoms. The molecule has 0 heterocycles. The molecule has 0 aliphatic heterocycles. The third kappa shape index (κ3) is 3.07. The minimum Gasteiger partial charge on any atom is -0.413 e. The summed E-state index contributed by atoms with van der Waals surface area (Å²) in [5.41, 5.74) is -0.816. The molecule has 128 valence electrons. The third-order valence-corrected chi connectivity index (χ3v) is 11.3. The smallest absolute Gasteiger partial charge is 0.192 e. The molecule has 0 aromatic rings. The Kier molecular flexibility index (Phi) is 4.47. The maximum Gasteiger partial charge on any atom is 0.192 e. The van der Waals surface area contributed by atoms with Crippen molar-refractivity contribution in [2.24, 2.45) is 11.3 Å². The summed E-state index contributed by atoms with van der Waals surface area (Å²) in [4.78, 5) is 12.0. The van der Waals surface area contributed by atoms with Crippen LogP contribution in [0.5, 0.6) is 0 Å². The molecule has 2 saturated carbocycles. The largest absolute Gasteiger partial charge is 0.413 e. The van der Waals surface area contributed by atoms with Crippen LogP contribution in [0.1, 0.15) is 66.7 Å². The van der Waals surface area contributed by atoms with Gasteiger partial charge in [0.25, 0.3) is 0 Å². The lowest BCUT2D eigenvalue weighted by molar-refractivity contribution is -0.169. The molecule has 3 nitrogen and oxygen atoms in total. The Morgan fingerprint density at radius 3 is 2.36 bits per heavy atom. The van der Waals surface area contributed by atoms with Gasteiger partial charge in [-0.25, -0.2) is 0 Å². The molecular weight excluding hydrogens is 292 g/mol. The highest BCUT2D eigenvalue weighted by molar-refractivity contribution is 6.74. The van der Waals surface area contributed by atoms with Crippen LogP contribution in [0.4, 0.5) is 0 Å². The Bertz CT molecular complexity index is 450. The average Bonchev–Trinajstić information content (AvgIpc) is 2.34. The Labute approximate surface area is 137 Å². The lowest BCUT2D eigenvalue weighted by atomic mass is 9.54. The number of carbonyl (C=O) groups is 1. The number of hydrogen-bond donors (Lipinski definition) is 1. The topological polar surface area (TPSA) is 46.5 Å². The number of ketones is 1. The summed E-state index contributed by atoms with van der Waals surface area (Å²) in [5, 5.41) is 11.0. The Balaban J connectivity index is 2.29. The molecule has 2 fully saturated rings. The number of Topliss-reactive ketones (excluding diaryl/α,β-unsaturated/α-hetero) is 1. The van der Waals surface area contributed by atoms with Crippen molar-refractivity contribution < 1.29 is 14.3 Å². The maximum atomic E-state index is 12.0. The minimum absolute atomic E-state index is 0.0322. The summed E-state index contributed by atoms with van der Waals surface area (Å²) >= 11 is 0. The van der Waals surface area contributed by atoms with Crippen molar-refractivity contribution in [3.63, 3.8) is 0 Å². The second-order valence-electron chi connectivity index (χ2n) is 9.56. The molecule has 1 N–H and O–H groups in total. The van der Waals surface area contributed by atoms with Gasteiger partial charge in [-0.2, -0.15) is 0 Å². The van der Waals surface area contributed by atoms with E-state index < -0.39 is 13.9 Å². The van der Waals surface area contributed by atoms with Crippen molar-refractivity contribution in [3.8, 4) is 0 Å². The van der Waals surface area contributed by atoms with E-state index in [-0.39, 0.29) is 22.5 Å². The molecule has 0 radical (unpaired) electrons. The van der Waals surface area contributed by atoms with Crippen LogP contribution < -0.4 is 0 Å². The standard InChI is InChI=1S/C18H34O3Si/c1-16(2,3)22(6,7)21-15-9-11-18(5,20)14-12-13(19)8-10-17(14,15)4/h14-15,20H,8-12H2,1-7H3/t14-,15+,17+,18-/m0/s1. The van der Waals surface area contributed by atoms with Crippen molar-refractivity contribution in [2.75, 3.05) is 0 Å². The van der Waals surface area contributed by atoms with E-state index in [4.69, 9.17) is 4.43 Å². The Morgan fingerprint density at radius 1 is 1.23 bits per heavy atom. The molecule has 0 amide bonds. The molecule has 2 aliphatic carbocycles. The van der Waals surface area contributed by atoms with Crippen LogP contribution in [0.15, 0.2) is 0 Å². The SMILES string of the molecule is CC(C)(C)[Si](C)(C)O[C@@H]1CC[C@](C)(O)[C@H]2CC(=O)CC[C@@]12C. The van der Waals surface area contributed by atoms with Crippen LogP contribution in [-0.4, -0.2) is 30.9 Å². The zero-order chi connectivity index (χ0) is 17.0. The predicted molar refractivity (Wildman–Crippen MR) is 92.4 cm³/mol. The molecule has 0 spiro atoms. The van der Waals surface area contributed by atoms with Crippen LogP contribution in [0.25, 0.3) is 0 Å². The van der Waals surface area contributed by atoms with Crippen molar-refractivity contribution in [1.82, 2.24) is 0 Å². The Hall–Kier alpha value is -0.193. The minimum atomic E-state index is -1.85. The van der Waals surface area contributed by atoms with Gasteiger partial charge < -0.3 is 9.53 Å². The second kappa shape index (κ2) is 5.42. The molecule has 0 bridgehead atoms. The lowest BCUT2D eigenvalue weighted by Gasteiger charge is -2.57. The monoisotopic (exact) mass is 326 g/mol. The van der Waals surface area contributed by atoms with Gasteiger partial charge >= 0.3 is 0 Å². The molecule has 2 aliphatic rings. The van der Waals surface area contributed by atoms with Crippen LogP contribution in [0.2, 0.25) is 18.1 Å². The highest BCUT2D eigenvalue weighted by atomic mass is 28.4. The molecular formula is C18H34O3Si. The zero-order valence-corrected chi connectivity index (χ0v) is 16.5. The zero-order valence-electron chi connectivity index (χ0n) is 15.5. The van der Waals surface area contributed by atoms with Gasteiger partial charge in [0, 0.05) is 18.8 Å². The van der Waals surface area contributed by atoms with E-state index in [1.54, 1.807) is 0 Å². The van der Waals surface area contributed by atoms with E-state index in [2.05, 4.69) is 40.8 Å². The summed E-state index contributed by atoms with van der Waals surface area (Å²) in [7, 11) is -1.85. The first-order valence-corrected chi connectivity index (χ1v) is 11.6. The third-order valence-electron chi connectivity index (χ3n) is 6.81. The van der Waals surface area contributed by atoms with Gasteiger partial charge in [-0.05, 0) is 49.7 Å². The number of hydrogen-bond acceptors (Lipinski definition) is 3. The second-order valence-corrected chi connectivity index (χ2v) is 14.3. The quantitative estimate of drug-likeness (QED) is 0.770. The van der Waals surface area contributed by atoms with Crippen LogP contribution in [-0.2, 0) is 9.22 Å². The van der Waals surface area contributed by atoms with E-state index in [0.717, 1.165) is 19.3 Å². The van der Waals surface area contributed by atoms with Crippen molar-refractivity contribution in [3.05, 3.63) is 0 Å². The van der Waals surface area contributed by atoms with Gasteiger partial charge in [0.15, 0.2) is 8.32 Å². The number of rotatable bonds is 2. The Morgan fingerprint density at radius 2 is 1.82 bits per heavy atom. The molecule has 2 rings (SSSR count). The molecule has 0 aromatic carbocycles. The predicted octanol–water partition coefficient (Wildman–Crippen LogP) is 4.30. The highest BCUT2D eigenvalue weighted by Crippen LogP contribution is 2.55.